The van der Waals surface area contributed by atoms with Gasteiger partial charge in [0.1, 0.15) is 5.65 Å². The zero-order chi connectivity index (χ0) is 35.3. The number of piperidine rings is 3. The van der Waals surface area contributed by atoms with E-state index in [-0.39, 0.29) is 47.0 Å². The molecule has 50 heavy (non-hydrogen) atoms. The zero-order valence-corrected chi connectivity index (χ0v) is 28.9. The van der Waals surface area contributed by atoms with Crippen LogP contribution in [0.2, 0.25) is 0 Å². The van der Waals surface area contributed by atoms with Crippen LogP contribution in [0.25, 0.3) is 11.0 Å². The van der Waals surface area contributed by atoms with Gasteiger partial charge in [0.05, 0.1) is 17.2 Å². The Bertz CT molecular complexity index is 1810. The van der Waals surface area contributed by atoms with Crippen LogP contribution < -0.4 is 21.1 Å². The number of imide groups is 1. The third-order valence-corrected chi connectivity index (χ3v) is 12.3. The molecule has 15 heteroatoms. The smallest absolute Gasteiger partial charge is 0.269 e. The number of nitrogens with zero attached hydrogens (tertiary/aromatic N) is 4. The molecule has 3 aromatic rings. The van der Waals surface area contributed by atoms with Gasteiger partial charge >= 0.3 is 0 Å². The predicted molar refractivity (Wildman–Crippen MR) is 187 cm³/mol. The molecule has 2 amide bonds. The molecule has 3 saturated heterocycles. The van der Waals surface area contributed by atoms with Gasteiger partial charge in [0.25, 0.3) is 12.0 Å². The van der Waals surface area contributed by atoms with Crippen LogP contribution in [0, 0.1) is 5.92 Å². The van der Waals surface area contributed by atoms with Gasteiger partial charge in [-0.1, -0.05) is 44.2 Å². The van der Waals surface area contributed by atoms with E-state index < -0.39 is 27.6 Å². The predicted octanol–water partition coefficient (Wildman–Crippen LogP) is 4.85. The number of nitrogens with one attached hydrogen (secondary N) is 3. The van der Waals surface area contributed by atoms with Crippen molar-refractivity contribution < 1.29 is 26.8 Å². The maximum atomic E-state index is 13.3. The molecule has 4 aliphatic rings. The second-order valence-electron chi connectivity index (χ2n) is 13.7. The summed E-state index contributed by atoms with van der Waals surface area (Å²) in [5, 5.41) is 5.87. The molecule has 270 valence electrons. The van der Waals surface area contributed by atoms with Crippen molar-refractivity contribution in [2.24, 2.45) is 5.92 Å². The number of amides is 2. The highest BCUT2D eigenvalue weighted by Crippen LogP contribution is 2.30. The first-order chi connectivity index (χ1) is 24.1. The summed E-state index contributed by atoms with van der Waals surface area (Å²) in [5.41, 5.74) is 0.533. The van der Waals surface area contributed by atoms with Gasteiger partial charge in [-0.15, -0.1) is 0 Å². The number of carbonyl (C=O) groups excluding carboxylic acids is 2. The molecule has 1 atom stereocenters. The second kappa shape index (κ2) is 15.9. The molecule has 1 aromatic carbocycles. The van der Waals surface area contributed by atoms with Gasteiger partial charge in [0.15, 0.2) is 0 Å². The first kappa shape index (κ1) is 35.8. The third kappa shape index (κ3) is 8.84. The first-order valence-electron chi connectivity index (χ1n) is 17.7. The quantitative estimate of drug-likeness (QED) is 0.278. The standard InChI is InChI=1S/C30H35F2N7O5S.C5H10/c31-26(32)24-15-20-16-33-30(37-27(20)36-29(24)42)34-21-9-13-39(14-10-21)45(43,44)17-18-7-11-38(12-8-18)22-3-1-19(2-4-22)23-5-6-25(40)35-28(23)41;1-2-4-5-3-1/h1-4,15-16,18,21,23,26H,5-14,17H2,(H,35,40,41)(H2,33,34,36,37,42);1-5H2. The Morgan fingerprint density at radius 2 is 1.56 bits per heavy atom. The van der Waals surface area contributed by atoms with Crippen LogP contribution in [0.4, 0.5) is 20.4 Å². The first-order valence-corrected chi connectivity index (χ1v) is 19.3. The molecule has 4 fully saturated rings. The summed E-state index contributed by atoms with van der Waals surface area (Å²) in [7, 11) is -3.44. The highest BCUT2D eigenvalue weighted by Gasteiger charge is 2.32. The maximum absolute atomic E-state index is 13.3. The number of H-pyrrole nitrogens is 1. The Labute approximate surface area is 290 Å². The lowest BCUT2D eigenvalue weighted by molar-refractivity contribution is -0.134. The highest BCUT2D eigenvalue weighted by atomic mass is 32.2. The average molecular weight is 714 g/mol. The molecular formula is C35H45F2N7O5S. The lowest BCUT2D eigenvalue weighted by Gasteiger charge is -2.36. The van der Waals surface area contributed by atoms with Gasteiger partial charge in [0.2, 0.25) is 27.8 Å². The van der Waals surface area contributed by atoms with Gasteiger partial charge in [-0.3, -0.25) is 19.7 Å². The van der Waals surface area contributed by atoms with Gasteiger partial charge in [-0.25, -0.2) is 26.5 Å². The Morgan fingerprint density at radius 3 is 2.18 bits per heavy atom. The van der Waals surface area contributed by atoms with E-state index in [9.17, 15) is 31.6 Å². The number of hydrogen-bond donors (Lipinski definition) is 3. The Kier molecular flexibility index (Phi) is 11.4. The van der Waals surface area contributed by atoms with Crippen LogP contribution in [0.15, 0.2) is 41.3 Å². The zero-order valence-electron chi connectivity index (χ0n) is 28.1. The second-order valence-corrected chi connectivity index (χ2v) is 15.8. The van der Waals surface area contributed by atoms with E-state index in [0.717, 1.165) is 43.2 Å². The van der Waals surface area contributed by atoms with Crippen molar-refractivity contribution in [3.8, 4) is 0 Å². The number of alkyl halides is 2. The molecule has 3 N–H and O–H groups in total. The topological polar surface area (TPSA) is 157 Å². The van der Waals surface area contributed by atoms with Crippen molar-refractivity contribution in [3.05, 3.63) is 58.0 Å². The molecular weight excluding hydrogens is 668 g/mol. The third-order valence-electron chi connectivity index (χ3n) is 10.2. The highest BCUT2D eigenvalue weighted by molar-refractivity contribution is 7.89. The van der Waals surface area contributed by atoms with Gasteiger partial charge < -0.3 is 15.2 Å². The number of halogens is 2. The summed E-state index contributed by atoms with van der Waals surface area (Å²) in [6.07, 6.45) is 9.43. The Hall–Kier alpha value is -3.98. The molecule has 1 saturated carbocycles. The van der Waals surface area contributed by atoms with E-state index in [1.165, 1.54) is 38.3 Å². The van der Waals surface area contributed by atoms with E-state index in [1.54, 1.807) is 4.31 Å². The minimum Gasteiger partial charge on any atom is -0.372 e. The molecule has 2 aromatic heterocycles. The van der Waals surface area contributed by atoms with Crippen LogP contribution in [0.5, 0.6) is 0 Å². The van der Waals surface area contributed by atoms with E-state index in [2.05, 4.69) is 30.5 Å². The van der Waals surface area contributed by atoms with Crippen molar-refractivity contribution in [1.82, 2.24) is 24.6 Å². The fraction of sp³-hybridized carbons (Fsp3) is 0.571. The minimum atomic E-state index is -3.44. The van der Waals surface area contributed by atoms with Crippen molar-refractivity contribution in [3.63, 3.8) is 0 Å². The number of anilines is 2. The van der Waals surface area contributed by atoms with Crippen LogP contribution in [0.1, 0.15) is 94.1 Å². The number of hydrogen-bond acceptors (Lipinski definition) is 9. The Morgan fingerprint density at radius 1 is 0.900 bits per heavy atom. The van der Waals surface area contributed by atoms with Gasteiger partial charge in [-0.05, 0) is 61.8 Å². The molecule has 0 bridgehead atoms. The number of aromatic nitrogens is 3. The lowest BCUT2D eigenvalue weighted by Crippen LogP contribution is -2.45. The van der Waals surface area contributed by atoms with Gasteiger partial charge in [0, 0.05) is 55.9 Å². The van der Waals surface area contributed by atoms with E-state index in [1.807, 2.05) is 24.3 Å². The SMILES string of the molecule is C1CCCC1.O=C1CCC(c2ccc(N3CCC(CS(=O)(=O)N4CCC(Nc5ncc6cc(C(F)F)c(=O)[nH]c6n5)CC4)CC3)cc2)C(=O)N1. The maximum Gasteiger partial charge on any atom is 0.269 e. The number of sulfonamides is 1. The number of carbonyl (C=O) groups is 2. The summed E-state index contributed by atoms with van der Waals surface area (Å²) >= 11 is 0. The van der Waals surface area contributed by atoms with Crippen LogP contribution in [-0.4, -0.2) is 77.5 Å². The monoisotopic (exact) mass is 713 g/mol. The van der Waals surface area contributed by atoms with E-state index >= 15 is 0 Å². The van der Waals surface area contributed by atoms with Crippen molar-refractivity contribution >= 4 is 44.5 Å². The number of rotatable bonds is 8. The number of benzene rings is 1. The summed E-state index contributed by atoms with van der Waals surface area (Å²) in [4.78, 5) is 48.6. The van der Waals surface area contributed by atoms with E-state index in [4.69, 9.17) is 0 Å². The average Bonchev–Trinajstić information content (AvgIpc) is 3.69. The van der Waals surface area contributed by atoms with Crippen LogP contribution in [-0.2, 0) is 19.6 Å². The summed E-state index contributed by atoms with van der Waals surface area (Å²) < 4.78 is 54.1. The largest absolute Gasteiger partial charge is 0.372 e. The van der Waals surface area contributed by atoms with Gasteiger partial charge in [-0.2, -0.15) is 4.98 Å². The van der Waals surface area contributed by atoms with Crippen molar-refractivity contribution in [1.29, 1.82) is 0 Å². The van der Waals surface area contributed by atoms with Crippen molar-refractivity contribution in [2.75, 3.05) is 42.1 Å². The summed E-state index contributed by atoms with van der Waals surface area (Å²) in [6.45, 7) is 2.20. The molecule has 1 aliphatic carbocycles. The fourth-order valence-electron chi connectivity index (χ4n) is 7.28. The van der Waals surface area contributed by atoms with Crippen LogP contribution in [0.3, 0.4) is 0 Å². The number of fused-ring (bicyclic) bond motifs is 1. The lowest BCUT2D eigenvalue weighted by atomic mass is 9.90. The molecule has 12 nitrogen and oxygen atoms in total. The molecule has 1 unspecified atom stereocenters. The Balaban J connectivity index is 0.000000794. The fourth-order valence-corrected chi connectivity index (χ4v) is 9.18. The molecule has 3 aliphatic heterocycles. The summed E-state index contributed by atoms with van der Waals surface area (Å²) in [6, 6.07) is 8.84. The number of pyridine rings is 1. The number of aromatic amines is 1. The van der Waals surface area contributed by atoms with Crippen LogP contribution >= 0.6 is 0 Å². The minimum absolute atomic E-state index is 0.0589. The van der Waals surface area contributed by atoms with Crippen molar-refractivity contribution in [2.45, 2.75) is 89.0 Å². The molecule has 0 radical (unpaired) electrons. The summed E-state index contributed by atoms with van der Waals surface area (Å²) in [5.74, 6) is -0.407. The normalized spacial score (nSPS) is 21.3. The van der Waals surface area contributed by atoms with E-state index in [0.29, 0.717) is 44.2 Å². The molecule has 0 spiro atoms. The molecule has 7 rings (SSSR count). The molecule has 5 heterocycles.